The molecule has 2 amide bonds. The van der Waals surface area contributed by atoms with Crippen LogP contribution in [0.5, 0.6) is 11.5 Å². The van der Waals surface area contributed by atoms with E-state index in [1.54, 1.807) is 14.2 Å². The molecule has 0 aromatic heterocycles. The Labute approximate surface area is 120 Å². The predicted molar refractivity (Wildman–Crippen MR) is 79.4 cm³/mol. The van der Waals surface area contributed by atoms with Gasteiger partial charge < -0.3 is 20.1 Å². The predicted octanol–water partition coefficient (Wildman–Crippen LogP) is 2.86. The number of nitrogens with one attached hydrogen (secondary N) is 2. The van der Waals surface area contributed by atoms with Crippen LogP contribution in [0.25, 0.3) is 0 Å². The van der Waals surface area contributed by atoms with Crippen LogP contribution in [0.15, 0.2) is 18.2 Å². The molecule has 20 heavy (non-hydrogen) atoms. The number of amides is 2. The van der Waals surface area contributed by atoms with Gasteiger partial charge in [0.15, 0.2) is 0 Å². The minimum absolute atomic E-state index is 0.148. The van der Waals surface area contributed by atoms with Crippen molar-refractivity contribution in [3.05, 3.63) is 23.8 Å². The van der Waals surface area contributed by atoms with E-state index in [9.17, 15) is 4.79 Å². The Bertz CT molecular complexity index is 449. The van der Waals surface area contributed by atoms with Crippen molar-refractivity contribution in [3.63, 3.8) is 0 Å². The van der Waals surface area contributed by atoms with E-state index < -0.39 is 0 Å². The monoisotopic (exact) mass is 280 g/mol. The Balaban J connectivity index is 2.80. The number of hydrogen-bond donors (Lipinski definition) is 2. The Kier molecular flexibility index (Phi) is 6.15. The summed E-state index contributed by atoms with van der Waals surface area (Å²) < 4.78 is 10.5. The van der Waals surface area contributed by atoms with Crippen LogP contribution < -0.4 is 20.1 Å². The molecule has 2 N–H and O–H groups in total. The van der Waals surface area contributed by atoms with Crippen LogP contribution in [0.1, 0.15) is 38.8 Å². The standard InChI is InChI=1S/C15H24N2O3/c1-6-10(2)16-15(18)17-11(3)13-9-12(19-4)7-8-14(13)20-5/h7-11H,6H2,1-5H3,(H2,16,17,18)/t10-,11+/m0/s1. The average molecular weight is 280 g/mol. The number of carbonyl (C=O) groups is 1. The lowest BCUT2D eigenvalue weighted by molar-refractivity contribution is 0.234. The van der Waals surface area contributed by atoms with Gasteiger partial charge in [0.2, 0.25) is 0 Å². The summed E-state index contributed by atoms with van der Waals surface area (Å²) >= 11 is 0. The second-order valence-corrected chi connectivity index (χ2v) is 4.76. The summed E-state index contributed by atoms with van der Waals surface area (Å²) in [7, 11) is 3.22. The third kappa shape index (κ3) is 4.33. The molecule has 5 heteroatoms. The van der Waals surface area contributed by atoms with Gasteiger partial charge in [-0.15, -0.1) is 0 Å². The normalized spacial score (nSPS) is 13.2. The SMILES string of the molecule is CC[C@H](C)NC(=O)N[C@H](C)c1cc(OC)ccc1OC. The number of carbonyl (C=O) groups excluding carboxylic acids is 1. The molecule has 0 saturated carbocycles. The first-order valence-electron chi connectivity index (χ1n) is 6.80. The highest BCUT2D eigenvalue weighted by Crippen LogP contribution is 2.29. The van der Waals surface area contributed by atoms with Crippen molar-refractivity contribution in [1.82, 2.24) is 10.6 Å². The summed E-state index contributed by atoms with van der Waals surface area (Å²) in [5.74, 6) is 1.46. The van der Waals surface area contributed by atoms with Crippen LogP contribution in [0, 0.1) is 0 Å². The molecule has 0 aliphatic heterocycles. The number of rotatable bonds is 6. The van der Waals surface area contributed by atoms with Gasteiger partial charge in [0, 0.05) is 11.6 Å². The molecule has 0 saturated heterocycles. The second kappa shape index (κ2) is 7.62. The highest BCUT2D eigenvalue weighted by Gasteiger charge is 2.15. The van der Waals surface area contributed by atoms with Gasteiger partial charge in [0.05, 0.1) is 20.3 Å². The minimum Gasteiger partial charge on any atom is -0.497 e. The Morgan fingerprint density at radius 3 is 2.45 bits per heavy atom. The van der Waals surface area contributed by atoms with Crippen molar-refractivity contribution in [2.75, 3.05) is 14.2 Å². The van der Waals surface area contributed by atoms with Gasteiger partial charge in [-0.05, 0) is 38.5 Å². The maximum Gasteiger partial charge on any atom is 0.315 e. The number of urea groups is 1. The van der Waals surface area contributed by atoms with Crippen molar-refractivity contribution in [2.45, 2.75) is 39.3 Å². The third-order valence-electron chi connectivity index (χ3n) is 3.24. The summed E-state index contributed by atoms with van der Waals surface area (Å²) in [6.07, 6.45) is 0.893. The van der Waals surface area contributed by atoms with Gasteiger partial charge >= 0.3 is 6.03 Å². The maximum absolute atomic E-state index is 11.9. The van der Waals surface area contributed by atoms with E-state index >= 15 is 0 Å². The molecule has 1 aromatic carbocycles. The van der Waals surface area contributed by atoms with E-state index in [1.165, 1.54) is 0 Å². The first-order chi connectivity index (χ1) is 9.51. The van der Waals surface area contributed by atoms with Gasteiger partial charge in [-0.25, -0.2) is 4.79 Å². The van der Waals surface area contributed by atoms with Gasteiger partial charge in [-0.2, -0.15) is 0 Å². The second-order valence-electron chi connectivity index (χ2n) is 4.76. The number of ether oxygens (including phenoxy) is 2. The molecule has 1 rings (SSSR count). The van der Waals surface area contributed by atoms with Crippen LogP contribution in [0.3, 0.4) is 0 Å². The Morgan fingerprint density at radius 1 is 1.20 bits per heavy atom. The molecular weight excluding hydrogens is 256 g/mol. The van der Waals surface area contributed by atoms with E-state index in [4.69, 9.17) is 9.47 Å². The topological polar surface area (TPSA) is 59.6 Å². The molecule has 0 bridgehead atoms. The lowest BCUT2D eigenvalue weighted by Crippen LogP contribution is -2.41. The lowest BCUT2D eigenvalue weighted by atomic mass is 10.1. The summed E-state index contributed by atoms with van der Waals surface area (Å²) in [4.78, 5) is 11.9. The molecule has 0 heterocycles. The average Bonchev–Trinajstić information content (AvgIpc) is 2.45. The first-order valence-corrected chi connectivity index (χ1v) is 6.80. The molecule has 0 aliphatic rings. The van der Waals surface area contributed by atoms with E-state index in [2.05, 4.69) is 10.6 Å². The largest absolute Gasteiger partial charge is 0.497 e. The van der Waals surface area contributed by atoms with Gasteiger partial charge in [0.1, 0.15) is 11.5 Å². The zero-order valence-corrected chi connectivity index (χ0v) is 12.8. The number of benzene rings is 1. The van der Waals surface area contributed by atoms with Gasteiger partial charge in [-0.3, -0.25) is 0 Å². The zero-order valence-electron chi connectivity index (χ0n) is 12.8. The molecular formula is C15H24N2O3. The van der Waals surface area contributed by atoms with Crippen molar-refractivity contribution in [2.24, 2.45) is 0 Å². The number of hydrogen-bond acceptors (Lipinski definition) is 3. The zero-order chi connectivity index (χ0) is 15.1. The van der Waals surface area contributed by atoms with E-state index in [0.717, 1.165) is 23.5 Å². The van der Waals surface area contributed by atoms with Crippen molar-refractivity contribution >= 4 is 6.03 Å². The summed E-state index contributed by atoms with van der Waals surface area (Å²) in [6, 6.07) is 5.32. The molecule has 2 atom stereocenters. The third-order valence-corrected chi connectivity index (χ3v) is 3.24. The smallest absolute Gasteiger partial charge is 0.315 e. The summed E-state index contributed by atoms with van der Waals surface area (Å²) in [5, 5.41) is 5.78. The minimum atomic E-state index is -0.184. The molecule has 1 aromatic rings. The van der Waals surface area contributed by atoms with Crippen LogP contribution in [-0.4, -0.2) is 26.3 Å². The van der Waals surface area contributed by atoms with Crippen molar-refractivity contribution < 1.29 is 14.3 Å². The fourth-order valence-electron chi connectivity index (χ4n) is 1.82. The van der Waals surface area contributed by atoms with E-state index in [0.29, 0.717) is 0 Å². The molecule has 0 radical (unpaired) electrons. The fourth-order valence-corrected chi connectivity index (χ4v) is 1.82. The van der Waals surface area contributed by atoms with Gasteiger partial charge in [0.25, 0.3) is 0 Å². The van der Waals surface area contributed by atoms with Crippen LogP contribution >= 0.6 is 0 Å². The molecule has 0 fully saturated rings. The molecule has 0 unspecified atom stereocenters. The van der Waals surface area contributed by atoms with E-state index in [-0.39, 0.29) is 18.1 Å². The van der Waals surface area contributed by atoms with Gasteiger partial charge in [-0.1, -0.05) is 6.92 Å². The highest BCUT2D eigenvalue weighted by molar-refractivity contribution is 5.74. The fraction of sp³-hybridized carbons (Fsp3) is 0.533. The molecule has 0 spiro atoms. The number of methoxy groups -OCH3 is 2. The molecule has 112 valence electrons. The van der Waals surface area contributed by atoms with Crippen LogP contribution in [0.2, 0.25) is 0 Å². The first kappa shape index (κ1) is 16.1. The van der Waals surface area contributed by atoms with Crippen LogP contribution in [-0.2, 0) is 0 Å². The summed E-state index contributed by atoms with van der Waals surface area (Å²) in [5.41, 5.74) is 0.881. The van der Waals surface area contributed by atoms with E-state index in [1.807, 2.05) is 39.0 Å². The molecule has 5 nitrogen and oxygen atoms in total. The van der Waals surface area contributed by atoms with Crippen LogP contribution in [0.4, 0.5) is 4.79 Å². The molecule has 0 aliphatic carbocycles. The maximum atomic E-state index is 11.9. The quantitative estimate of drug-likeness (QED) is 0.842. The van der Waals surface area contributed by atoms with Crippen molar-refractivity contribution in [1.29, 1.82) is 0 Å². The lowest BCUT2D eigenvalue weighted by Gasteiger charge is -2.20. The highest BCUT2D eigenvalue weighted by atomic mass is 16.5. The Morgan fingerprint density at radius 2 is 1.90 bits per heavy atom. The van der Waals surface area contributed by atoms with Crippen molar-refractivity contribution in [3.8, 4) is 11.5 Å². The summed E-state index contributed by atoms with van der Waals surface area (Å²) in [6.45, 7) is 5.91. The Hall–Kier alpha value is -1.91.